The maximum atomic E-state index is 9.75. The molecule has 8 nitrogen and oxygen atoms in total. The van der Waals surface area contributed by atoms with E-state index in [-0.39, 0.29) is 36.8 Å². The van der Waals surface area contributed by atoms with Gasteiger partial charge in [0.1, 0.15) is 29.9 Å². The highest BCUT2D eigenvalue weighted by molar-refractivity contribution is 6.32. The van der Waals surface area contributed by atoms with E-state index in [0.29, 0.717) is 29.4 Å². The average Bonchev–Trinajstić information content (AvgIpc) is 3.23. The number of aromatic amines is 1. The third kappa shape index (κ3) is 2.71. The summed E-state index contributed by atoms with van der Waals surface area (Å²) < 4.78 is 22.2. The van der Waals surface area contributed by atoms with Gasteiger partial charge in [-0.15, -0.1) is 0 Å². The van der Waals surface area contributed by atoms with Crippen molar-refractivity contribution >= 4 is 22.8 Å². The van der Waals surface area contributed by atoms with Crippen LogP contribution in [0.4, 0.5) is 0 Å². The third-order valence-electron chi connectivity index (χ3n) is 3.96. The SMILES string of the molecule is C=CCOc1nc2nc(O[C@@H]3CO[C@H]4C3OC[C@H]4O)[nH]c2cc1Cl. The first-order valence-corrected chi connectivity index (χ1v) is 7.91. The van der Waals surface area contributed by atoms with Gasteiger partial charge in [0.15, 0.2) is 11.8 Å². The van der Waals surface area contributed by atoms with Crippen molar-refractivity contribution in [3.63, 3.8) is 0 Å². The number of ether oxygens (including phenoxy) is 4. The maximum Gasteiger partial charge on any atom is 0.296 e. The molecule has 0 aliphatic carbocycles. The lowest BCUT2D eigenvalue weighted by Crippen LogP contribution is -2.34. The van der Waals surface area contributed by atoms with E-state index in [1.807, 2.05) is 0 Å². The van der Waals surface area contributed by atoms with Crippen molar-refractivity contribution in [1.29, 1.82) is 0 Å². The number of halogens is 1. The van der Waals surface area contributed by atoms with Crippen LogP contribution in [-0.2, 0) is 9.47 Å². The normalized spacial score (nSPS) is 28.9. The van der Waals surface area contributed by atoms with E-state index >= 15 is 0 Å². The Labute approximate surface area is 142 Å². The zero-order valence-corrected chi connectivity index (χ0v) is 13.4. The lowest BCUT2D eigenvalue weighted by molar-refractivity contribution is 0.00706. The standard InChI is InChI=1S/C15H16ClN3O5/c1-2-3-21-14-7(16)4-8-13(18-14)19-15(17-8)24-10-6-23-11-9(20)5-22-12(10)11/h2,4,9-12,20H,1,3,5-6H2,(H,17,18,19)/t9-,10-,11-,12?/m1/s1. The van der Waals surface area contributed by atoms with E-state index in [4.69, 9.17) is 30.5 Å². The summed E-state index contributed by atoms with van der Waals surface area (Å²) in [6.45, 7) is 4.45. The van der Waals surface area contributed by atoms with Crippen molar-refractivity contribution in [2.24, 2.45) is 0 Å². The predicted molar refractivity (Wildman–Crippen MR) is 84.5 cm³/mol. The number of hydrogen-bond donors (Lipinski definition) is 2. The van der Waals surface area contributed by atoms with E-state index in [0.717, 1.165) is 0 Å². The minimum Gasteiger partial charge on any atom is -0.472 e. The Morgan fingerprint density at radius 1 is 1.38 bits per heavy atom. The molecule has 2 N–H and O–H groups in total. The number of imidazole rings is 1. The Morgan fingerprint density at radius 2 is 2.21 bits per heavy atom. The molecular weight excluding hydrogens is 338 g/mol. The van der Waals surface area contributed by atoms with Gasteiger partial charge in [-0.2, -0.15) is 9.97 Å². The number of pyridine rings is 1. The van der Waals surface area contributed by atoms with E-state index in [9.17, 15) is 5.11 Å². The van der Waals surface area contributed by atoms with Crippen LogP contribution in [-0.4, -0.2) is 64.3 Å². The molecule has 0 radical (unpaired) electrons. The van der Waals surface area contributed by atoms with Gasteiger partial charge < -0.3 is 29.0 Å². The number of aliphatic hydroxyl groups excluding tert-OH is 1. The molecular formula is C15H16ClN3O5. The van der Waals surface area contributed by atoms with Crippen LogP contribution in [0.3, 0.4) is 0 Å². The first kappa shape index (κ1) is 15.6. The fourth-order valence-electron chi connectivity index (χ4n) is 2.86. The topological polar surface area (TPSA) is 98.7 Å². The van der Waals surface area contributed by atoms with Gasteiger partial charge in [0.25, 0.3) is 6.01 Å². The van der Waals surface area contributed by atoms with Gasteiger partial charge in [-0.3, -0.25) is 0 Å². The molecule has 2 aliphatic heterocycles. The molecule has 2 saturated heterocycles. The molecule has 0 spiro atoms. The Morgan fingerprint density at radius 3 is 3.04 bits per heavy atom. The summed E-state index contributed by atoms with van der Waals surface area (Å²) >= 11 is 6.13. The van der Waals surface area contributed by atoms with Crippen LogP contribution in [0, 0.1) is 0 Å². The molecule has 1 unspecified atom stereocenters. The number of nitrogens with zero attached hydrogens (tertiary/aromatic N) is 2. The van der Waals surface area contributed by atoms with Crippen LogP contribution in [0.2, 0.25) is 5.02 Å². The summed E-state index contributed by atoms with van der Waals surface area (Å²) in [5.41, 5.74) is 1.06. The number of hydrogen-bond acceptors (Lipinski definition) is 7. The molecule has 128 valence electrons. The predicted octanol–water partition coefficient (Wildman–Crippen LogP) is 1.08. The summed E-state index contributed by atoms with van der Waals surface area (Å²) in [6.07, 6.45) is -0.0283. The molecule has 0 saturated carbocycles. The van der Waals surface area contributed by atoms with Crippen LogP contribution < -0.4 is 9.47 Å². The van der Waals surface area contributed by atoms with E-state index in [1.165, 1.54) is 0 Å². The van der Waals surface area contributed by atoms with Crippen LogP contribution >= 0.6 is 11.6 Å². The lowest BCUT2D eigenvalue weighted by atomic mass is 10.1. The van der Waals surface area contributed by atoms with E-state index in [1.54, 1.807) is 12.1 Å². The van der Waals surface area contributed by atoms with Crippen LogP contribution in [0.5, 0.6) is 11.9 Å². The van der Waals surface area contributed by atoms with Crippen molar-refractivity contribution in [3.05, 3.63) is 23.7 Å². The van der Waals surface area contributed by atoms with Gasteiger partial charge in [-0.25, -0.2) is 0 Å². The summed E-state index contributed by atoms with van der Waals surface area (Å²) in [5, 5.41) is 10.1. The minimum atomic E-state index is -0.621. The fourth-order valence-corrected chi connectivity index (χ4v) is 3.07. The molecule has 24 heavy (non-hydrogen) atoms. The number of rotatable bonds is 5. The number of nitrogens with one attached hydrogen (secondary N) is 1. The molecule has 9 heteroatoms. The number of aliphatic hydroxyl groups is 1. The quantitative estimate of drug-likeness (QED) is 0.776. The monoisotopic (exact) mass is 353 g/mol. The smallest absolute Gasteiger partial charge is 0.296 e. The summed E-state index contributed by atoms with van der Waals surface area (Å²) in [7, 11) is 0. The maximum absolute atomic E-state index is 9.75. The summed E-state index contributed by atoms with van der Waals surface area (Å²) in [6, 6.07) is 1.96. The molecule has 0 amide bonds. The van der Waals surface area contributed by atoms with Crippen molar-refractivity contribution in [1.82, 2.24) is 15.0 Å². The van der Waals surface area contributed by atoms with Crippen molar-refractivity contribution in [3.8, 4) is 11.9 Å². The zero-order valence-electron chi connectivity index (χ0n) is 12.6. The second-order valence-corrected chi connectivity index (χ2v) is 6.01. The molecule has 0 aromatic carbocycles. The highest BCUT2D eigenvalue weighted by Crippen LogP contribution is 2.31. The molecule has 2 fully saturated rings. The van der Waals surface area contributed by atoms with Crippen molar-refractivity contribution in [2.75, 3.05) is 19.8 Å². The number of aromatic nitrogens is 3. The van der Waals surface area contributed by atoms with E-state index in [2.05, 4.69) is 21.5 Å². The highest BCUT2D eigenvalue weighted by atomic mass is 35.5. The van der Waals surface area contributed by atoms with Gasteiger partial charge in [-0.1, -0.05) is 24.3 Å². The number of H-pyrrole nitrogens is 1. The highest BCUT2D eigenvalue weighted by Gasteiger charge is 2.48. The molecule has 2 aliphatic rings. The Balaban J connectivity index is 1.54. The Kier molecular flexibility index (Phi) is 4.05. The molecule has 0 bridgehead atoms. The summed E-state index contributed by atoms with van der Waals surface area (Å²) in [4.78, 5) is 11.6. The molecule has 4 heterocycles. The first-order valence-electron chi connectivity index (χ1n) is 7.53. The van der Waals surface area contributed by atoms with Crippen molar-refractivity contribution in [2.45, 2.75) is 24.4 Å². The van der Waals surface area contributed by atoms with Crippen LogP contribution in [0.1, 0.15) is 0 Å². The Hall–Kier alpha value is -1.87. The molecule has 4 rings (SSSR count). The molecule has 2 aromatic rings. The second kappa shape index (κ2) is 6.21. The van der Waals surface area contributed by atoms with Crippen molar-refractivity contribution < 1.29 is 24.1 Å². The minimum absolute atomic E-state index is 0.247. The fraction of sp³-hybridized carbons (Fsp3) is 0.467. The van der Waals surface area contributed by atoms with Crippen LogP contribution in [0.25, 0.3) is 11.2 Å². The largest absolute Gasteiger partial charge is 0.472 e. The molecule has 4 atom stereocenters. The lowest BCUT2D eigenvalue weighted by Gasteiger charge is -2.15. The average molecular weight is 354 g/mol. The zero-order chi connectivity index (χ0) is 16.7. The molecule has 2 aromatic heterocycles. The van der Waals surface area contributed by atoms with Crippen LogP contribution in [0.15, 0.2) is 18.7 Å². The summed E-state index contributed by atoms with van der Waals surface area (Å²) in [5.74, 6) is 0.286. The Bertz CT molecular complexity index is 767. The van der Waals surface area contributed by atoms with Gasteiger partial charge in [0.2, 0.25) is 5.88 Å². The second-order valence-electron chi connectivity index (χ2n) is 5.61. The number of fused-ring (bicyclic) bond motifs is 2. The first-order chi connectivity index (χ1) is 11.7. The van der Waals surface area contributed by atoms with Gasteiger partial charge >= 0.3 is 0 Å². The van der Waals surface area contributed by atoms with E-state index < -0.39 is 6.10 Å². The van der Waals surface area contributed by atoms with Gasteiger partial charge in [0, 0.05) is 0 Å². The van der Waals surface area contributed by atoms with Gasteiger partial charge in [-0.05, 0) is 6.07 Å². The third-order valence-corrected chi connectivity index (χ3v) is 4.23. The van der Waals surface area contributed by atoms with Gasteiger partial charge in [0.05, 0.1) is 18.7 Å².